The minimum atomic E-state index is 0.524. The molecule has 0 radical (unpaired) electrons. The number of nitrogens with zero attached hydrogens (tertiary/aromatic N) is 5. The number of hydrogen-bond donors (Lipinski definition) is 1. The fourth-order valence-electron chi connectivity index (χ4n) is 2.59. The quantitative estimate of drug-likeness (QED) is 0.885. The summed E-state index contributed by atoms with van der Waals surface area (Å²) < 4.78 is 1.06. The fourth-order valence-corrected chi connectivity index (χ4v) is 2.97. The summed E-state index contributed by atoms with van der Waals surface area (Å²) in [4.78, 5) is 9.30. The summed E-state index contributed by atoms with van der Waals surface area (Å²) in [5, 5.41) is 11.4. The largest absolute Gasteiger partial charge is 0.353 e. The van der Waals surface area contributed by atoms with Crippen molar-refractivity contribution in [2.75, 3.05) is 42.9 Å². The van der Waals surface area contributed by atoms with E-state index in [4.69, 9.17) is 0 Å². The predicted molar refractivity (Wildman–Crippen MR) is 96.3 cm³/mol. The second-order valence-electron chi connectivity index (χ2n) is 5.65. The van der Waals surface area contributed by atoms with Gasteiger partial charge in [-0.2, -0.15) is 10.1 Å². The number of halogens is 1. The summed E-state index contributed by atoms with van der Waals surface area (Å²) in [6, 6.07) is 6.08. The van der Waals surface area contributed by atoms with Crippen molar-refractivity contribution in [2.24, 2.45) is 0 Å². The highest BCUT2D eigenvalue weighted by molar-refractivity contribution is 9.10. The minimum absolute atomic E-state index is 0.524. The third-order valence-corrected chi connectivity index (χ3v) is 4.97. The molecule has 0 amide bonds. The molecule has 0 spiro atoms. The molecule has 1 fully saturated rings. The SMILES string of the molecule is CCN1CCN(c2cnnc(Nc3ccc(C)c(Br)c3)n2)CC1. The number of nitrogens with one attached hydrogen (secondary N) is 1. The van der Waals surface area contributed by atoms with Crippen LogP contribution < -0.4 is 10.2 Å². The molecule has 7 heteroatoms. The summed E-state index contributed by atoms with van der Waals surface area (Å²) >= 11 is 3.54. The van der Waals surface area contributed by atoms with Crippen molar-refractivity contribution in [3.63, 3.8) is 0 Å². The van der Waals surface area contributed by atoms with Gasteiger partial charge in [-0.25, -0.2) is 0 Å². The van der Waals surface area contributed by atoms with Crippen LogP contribution in [0, 0.1) is 6.92 Å². The summed E-state index contributed by atoms with van der Waals surface area (Å²) in [7, 11) is 0. The average molecular weight is 377 g/mol. The molecule has 1 aromatic heterocycles. The number of benzene rings is 1. The van der Waals surface area contributed by atoms with Crippen LogP contribution in [0.25, 0.3) is 0 Å². The Morgan fingerprint density at radius 2 is 2.00 bits per heavy atom. The Kier molecular flexibility index (Phi) is 5.07. The molecule has 1 aromatic carbocycles. The molecule has 2 heterocycles. The van der Waals surface area contributed by atoms with Gasteiger partial charge in [-0.15, -0.1) is 5.10 Å². The molecule has 3 rings (SSSR count). The minimum Gasteiger partial charge on any atom is -0.353 e. The Balaban J connectivity index is 1.71. The Bertz CT molecular complexity index is 669. The number of likely N-dealkylation sites (N-methyl/N-ethyl adjacent to an activating group) is 1. The maximum Gasteiger partial charge on any atom is 0.249 e. The van der Waals surface area contributed by atoms with Gasteiger partial charge in [0.2, 0.25) is 5.95 Å². The molecule has 2 aromatic rings. The van der Waals surface area contributed by atoms with Crippen LogP contribution in [0.1, 0.15) is 12.5 Å². The van der Waals surface area contributed by atoms with Crippen molar-refractivity contribution in [1.29, 1.82) is 0 Å². The first-order valence-electron chi connectivity index (χ1n) is 7.86. The molecule has 0 saturated carbocycles. The van der Waals surface area contributed by atoms with Crippen LogP contribution in [0.4, 0.5) is 17.5 Å². The molecule has 0 unspecified atom stereocenters. The van der Waals surface area contributed by atoms with Crippen molar-refractivity contribution in [3.05, 3.63) is 34.4 Å². The van der Waals surface area contributed by atoms with Gasteiger partial charge in [0.05, 0.1) is 6.20 Å². The monoisotopic (exact) mass is 376 g/mol. The van der Waals surface area contributed by atoms with E-state index >= 15 is 0 Å². The van der Waals surface area contributed by atoms with E-state index in [9.17, 15) is 0 Å². The molecule has 1 N–H and O–H groups in total. The van der Waals surface area contributed by atoms with Crippen molar-refractivity contribution < 1.29 is 0 Å². The van der Waals surface area contributed by atoms with Gasteiger partial charge < -0.3 is 15.1 Å². The van der Waals surface area contributed by atoms with Gasteiger partial charge in [0, 0.05) is 36.3 Å². The van der Waals surface area contributed by atoms with Crippen molar-refractivity contribution >= 4 is 33.4 Å². The van der Waals surface area contributed by atoms with Crippen molar-refractivity contribution in [1.82, 2.24) is 20.1 Å². The van der Waals surface area contributed by atoms with Gasteiger partial charge in [0.1, 0.15) is 0 Å². The van der Waals surface area contributed by atoms with E-state index in [1.807, 2.05) is 18.2 Å². The van der Waals surface area contributed by atoms with Gasteiger partial charge in [-0.1, -0.05) is 28.9 Å². The van der Waals surface area contributed by atoms with Crippen LogP contribution in [0.3, 0.4) is 0 Å². The van der Waals surface area contributed by atoms with Gasteiger partial charge in [0.15, 0.2) is 5.82 Å². The van der Waals surface area contributed by atoms with Crippen LogP contribution in [0.5, 0.6) is 0 Å². The molecular formula is C16H21BrN6. The molecule has 6 nitrogen and oxygen atoms in total. The molecule has 1 aliphatic heterocycles. The Morgan fingerprint density at radius 3 is 2.70 bits per heavy atom. The normalized spacial score (nSPS) is 15.7. The zero-order valence-electron chi connectivity index (χ0n) is 13.5. The number of anilines is 3. The van der Waals surface area contributed by atoms with E-state index in [0.29, 0.717) is 5.95 Å². The molecule has 23 heavy (non-hydrogen) atoms. The summed E-state index contributed by atoms with van der Waals surface area (Å²) in [5.41, 5.74) is 2.13. The maximum atomic E-state index is 4.60. The Morgan fingerprint density at radius 1 is 1.22 bits per heavy atom. The van der Waals surface area contributed by atoms with Crippen LogP contribution in [-0.4, -0.2) is 52.8 Å². The van der Waals surface area contributed by atoms with Crippen LogP contribution in [-0.2, 0) is 0 Å². The third kappa shape index (κ3) is 3.97. The Labute approximate surface area is 145 Å². The molecular weight excluding hydrogens is 356 g/mol. The third-order valence-electron chi connectivity index (χ3n) is 4.12. The van der Waals surface area contributed by atoms with E-state index in [1.165, 1.54) is 5.56 Å². The first-order chi connectivity index (χ1) is 11.2. The average Bonchev–Trinajstić information content (AvgIpc) is 2.58. The van der Waals surface area contributed by atoms with Gasteiger partial charge in [-0.05, 0) is 31.2 Å². The molecule has 0 atom stereocenters. The lowest BCUT2D eigenvalue weighted by molar-refractivity contribution is 0.270. The number of aromatic nitrogens is 3. The molecule has 122 valence electrons. The lowest BCUT2D eigenvalue weighted by Crippen LogP contribution is -2.46. The summed E-state index contributed by atoms with van der Waals surface area (Å²) in [6.45, 7) is 9.43. The lowest BCUT2D eigenvalue weighted by Gasteiger charge is -2.34. The molecule has 1 saturated heterocycles. The fraction of sp³-hybridized carbons (Fsp3) is 0.438. The van der Waals surface area contributed by atoms with Gasteiger partial charge in [-0.3, -0.25) is 0 Å². The highest BCUT2D eigenvalue weighted by Gasteiger charge is 2.17. The maximum absolute atomic E-state index is 4.60. The molecule has 0 aliphatic carbocycles. The zero-order valence-corrected chi connectivity index (χ0v) is 15.0. The van der Waals surface area contributed by atoms with Gasteiger partial charge >= 0.3 is 0 Å². The van der Waals surface area contributed by atoms with Crippen molar-refractivity contribution in [3.8, 4) is 0 Å². The first-order valence-corrected chi connectivity index (χ1v) is 8.65. The predicted octanol–water partition coefficient (Wildman–Crippen LogP) is 2.83. The standard InChI is InChI=1S/C16H21BrN6/c1-3-22-6-8-23(9-7-22)15-11-18-21-16(20-15)19-13-5-4-12(2)14(17)10-13/h4-5,10-11H,3,6-9H2,1-2H3,(H,19,20,21). The highest BCUT2D eigenvalue weighted by Crippen LogP contribution is 2.23. The van der Waals surface area contributed by atoms with E-state index in [-0.39, 0.29) is 0 Å². The highest BCUT2D eigenvalue weighted by atomic mass is 79.9. The van der Waals surface area contributed by atoms with Crippen molar-refractivity contribution in [2.45, 2.75) is 13.8 Å². The first kappa shape index (κ1) is 16.1. The smallest absolute Gasteiger partial charge is 0.249 e. The number of aryl methyl sites for hydroxylation is 1. The number of rotatable bonds is 4. The van der Waals surface area contributed by atoms with Crippen LogP contribution in [0.2, 0.25) is 0 Å². The second-order valence-corrected chi connectivity index (χ2v) is 6.50. The molecule has 0 bridgehead atoms. The second kappa shape index (κ2) is 7.23. The van der Waals surface area contributed by atoms with E-state index < -0.39 is 0 Å². The zero-order chi connectivity index (χ0) is 16.2. The number of piperazine rings is 1. The molecule has 1 aliphatic rings. The van der Waals surface area contributed by atoms with E-state index in [1.54, 1.807) is 6.20 Å². The van der Waals surface area contributed by atoms with E-state index in [0.717, 1.165) is 48.7 Å². The summed E-state index contributed by atoms with van der Waals surface area (Å²) in [6.07, 6.45) is 1.73. The van der Waals surface area contributed by atoms with Gasteiger partial charge in [0.25, 0.3) is 0 Å². The topological polar surface area (TPSA) is 57.2 Å². The van der Waals surface area contributed by atoms with Crippen LogP contribution >= 0.6 is 15.9 Å². The number of hydrogen-bond acceptors (Lipinski definition) is 6. The van der Waals surface area contributed by atoms with Crippen LogP contribution in [0.15, 0.2) is 28.9 Å². The Hall–Kier alpha value is -1.73. The summed E-state index contributed by atoms with van der Waals surface area (Å²) in [5.74, 6) is 1.40. The van der Waals surface area contributed by atoms with E-state index in [2.05, 4.69) is 60.1 Å². The lowest BCUT2D eigenvalue weighted by atomic mass is 10.2.